The van der Waals surface area contributed by atoms with Gasteiger partial charge in [-0.15, -0.1) is 0 Å². The summed E-state index contributed by atoms with van der Waals surface area (Å²) in [5, 5.41) is 7.52. The van der Waals surface area contributed by atoms with Crippen LogP contribution >= 0.6 is 0 Å². The van der Waals surface area contributed by atoms with Crippen LogP contribution in [0.25, 0.3) is 10.9 Å². The van der Waals surface area contributed by atoms with Gasteiger partial charge in [-0.25, -0.2) is 9.97 Å². The Labute approximate surface area is 151 Å². The summed E-state index contributed by atoms with van der Waals surface area (Å²) in [5.74, 6) is 1.36. The van der Waals surface area contributed by atoms with E-state index >= 15 is 0 Å². The van der Waals surface area contributed by atoms with Crippen LogP contribution in [-0.2, 0) is 4.74 Å². The predicted molar refractivity (Wildman–Crippen MR) is 99.2 cm³/mol. The second kappa shape index (κ2) is 7.13. The lowest BCUT2D eigenvalue weighted by Gasteiger charge is -2.33. The van der Waals surface area contributed by atoms with E-state index in [1.807, 2.05) is 43.5 Å². The zero-order valence-electron chi connectivity index (χ0n) is 14.5. The minimum Gasteiger partial charge on any atom is -0.379 e. The number of hydrogen-bond donors (Lipinski definition) is 3. The number of fused-ring (bicyclic) bond motifs is 1. The number of nitrogens with zero attached hydrogens (tertiary/aromatic N) is 2. The summed E-state index contributed by atoms with van der Waals surface area (Å²) in [5.41, 5.74) is 1.67. The van der Waals surface area contributed by atoms with Crippen LogP contribution in [0.5, 0.6) is 0 Å². The SMILES string of the molecule is Cc1nccc(N[C@@H]2COCC[C@@H]2NC(=O)c2ccc3[nH]ccc3c2)n1. The highest BCUT2D eigenvalue weighted by Gasteiger charge is 2.28. The Morgan fingerprint density at radius 3 is 3.08 bits per heavy atom. The number of nitrogens with one attached hydrogen (secondary N) is 3. The highest BCUT2D eigenvalue weighted by atomic mass is 16.5. The van der Waals surface area contributed by atoms with Crippen LogP contribution in [0.4, 0.5) is 5.82 Å². The van der Waals surface area contributed by atoms with E-state index in [4.69, 9.17) is 4.74 Å². The number of benzene rings is 1. The van der Waals surface area contributed by atoms with Crippen molar-refractivity contribution in [1.82, 2.24) is 20.3 Å². The van der Waals surface area contributed by atoms with Crippen molar-refractivity contribution in [3.05, 3.63) is 54.1 Å². The van der Waals surface area contributed by atoms with Gasteiger partial charge in [0, 0.05) is 35.5 Å². The van der Waals surface area contributed by atoms with Crippen molar-refractivity contribution >= 4 is 22.6 Å². The highest BCUT2D eigenvalue weighted by molar-refractivity contribution is 5.98. The van der Waals surface area contributed by atoms with Crippen LogP contribution in [-0.4, -0.2) is 46.2 Å². The molecule has 3 aromatic rings. The van der Waals surface area contributed by atoms with E-state index in [0.29, 0.717) is 24.6 Å². The first kappa shape index (κ1) is 16.5. The Hall–Kier alpha value is -2.93. The minimum absolute atomic E-state index is 0.0338. The molecule has 2 aromatic heterocycles. The van der Waals surface area contributed by atoms with Gasteiger partial charge < -0.3 is 20.4 Å². The summed E-state index contributed by atoms with van der Waals surface area (Å²) in [7, 11) is 0. The van der Waals surface area contributed by atoms with Crippen LogP contribution in [0, 0.1) is 6.92 Å². The third kappa shape index (κ3) is 3.52. The van der Waals surface area contributed by atoms with E-state index in [1.165, 1.54) is 0 Å². The topological polar surface area (TPSA) is 91.9 Å². The molecule has 2 atom stereocenters. The van der Waals surface area contributed by atoms with E-state index in [0.717, 1.165) is 23.1 Å². The number of carbonyl (C=O) groups is 1. The second-order valence-corrected chi connectivity index (χ2v) is 6.46. The molecule has 0 saturated carbocycles. The first-order chi connectivity index (χ1) is 12.7. The van der Waals surface area contributed by atoms with Gasteiger partial charge in [-0.05, 0) is 43.7 Å². The van der Waals surface area contributed by atoms with Crippen LogP contribution in [0.2, 0.25) is 0 Å². The largest absolute Gasteiger partial charge is 0.379 e. The zero-order valence-corrected chi connectivity index (χ0v) is 14.5. The lowest BCUT2D eigenvalue weighted by Crippen LogP contribution is -2.52. The van der Waals surface area contributed by atoms with Gasteiger partial charge in [-0.3, -0.25) is 4.79 Å². The number of rotatable bonds is 4. The maximum absolute atomic E-state index is 12.7. The number of carbonyl (C=O) groups excluding carboxylic acids is 1. The summed E-state index contributed by atoms with van der Waals surface area (Å²) in [6.07, 6.45) is 4.34. The number of H-pyrrole nitrogens is 1. The normalized spacial score (nSPS) is 20.0. The predicted octanol–water partition coefficient (Wildman–Crippen LogP) is 2.27. The molecule has 1 aromatic carbocycles. The molecule has 3 N–H and O–H groups in total. The van der Waals surface area contributed by atoms with Crippen molar-refractivity contribution in [3.8, 4) is 0 Å². The molecule has 0 bridgehead atoms. The number of hydrogen-bond acceptors (Lipinski definition) is 5. The van der Waals surface area contributed by atoms with Crippen molar-refractivity contribution in [1.29, 1.82) is 0 Å². The van der Waals surface area contributed by atoms with E-state index in [2.05, 4.69) is 25.6 Å². The van der Waals surface area contributed by atoms with Crippen molar-refractivity contribution < 1.29 is 9.53 Å². The van der Waals surface area contributed by atoms with E-state index in [9.17, 15) is 4.79 Å². The fourth-order valence-electron chi connectivity index (χ4n) is 3.23. The van der Waals surface area contributed by atoms with Gasteiger partial charge in [0.25, 0.3) is 5.91 Å². The number of amides is 1. The van der Waals surface area contributed by atoms with E-state index in [-0.39, 0.29) is 18.0 Å². The number of anilines is 1. The molecular weight excluding hydrogens is 330 g/mol. The Bertz CT molecular complexity index is 923. The molecule has 1 amide bonds. The van der Waals surface area contributed by atoms with Crippen LogP contribution in [0.1, 0.15) is 22.6 Å². The van der Waals surface area contributed by atoms with Gasteiger partial charge in [0.15, 0.2) is 0 Å². The maximum Gasteiger partial charge on any atom is 0.251 e. The van der Waals surface area contributed by atoms with Gasteiger partial charge in [0.05, 0.1) is 18.7 Å². The van der Waals surface area contributed by atoms with Gasteiger partial charge in [-0.2, -0.15) is 0 Å². The van der Waals surface area contributed by atoms with E-state index < -0.39 is 0 Å². The number of ether oxygens (including phenoxy) is 1. The van der Waals surface area contributed by atoms with Crippen molar-refractivity contribution in [2.45, 2.75) is 25.4 Å². The third-order valence-electron chi connectivity index (χ3n) is 4.60. The van der Waals surface area contributed by atoms with Crippen LogP contribution in [0.3, 0.4) is 0 Å². The number of aromatic amines is 1. The Balaban J connectivity index is 1.48. The maximum atomic E-state index is 12.7. The molecule has 1 aliphatic rings. The molecule has 0 spiro atoms. The molecule has 1 fully saturated rings. The second-order valence-electron chi connectivity index (χ2n) is 6.46. The smallest absolute Gasteiger partial charge is 0.251 e. The lowest BCUT2D eigenvalue weighted by atomic mass is 10.0. The fraction of sp³-hybridized carbons (Fsp3) is 0.316. The summed E-state index contributed by atoms with van der Waals surface area (Å²) >= 11 is 0. The van der Waals surface area contributed by atoms with Gasteiger partial charge in [-0.1, -0.05) is 0 Å². The molecule has 0 radical (unpaired) electrons. The van der Waals surface area contributed by atoms with Crippen LogP contribution < -0.4 is 10.6 Å². The number of aryl methyl sites for hydroxylation is 1. The first-order valence-corrected chi connectivity index (χ1v) is 8.71. The highest BCUT2D eigenvalue weighted by Crippen LogP contribution is 2.17. The average molecular weight is 351 g/mol. The van der Waals surface area contributed by atoms with Gasteiger partial charge in [0.2, 0.25) is 0 Å². The zero-order chi connectivity index (χ0) is 17.9. The Kier molecular flexibility index (Phi) is 4.53. The molecule has 7 heteroatoms. The summed E-state index contributed by atoms with van der Waals surface area (Å²) in [4.78, 5) is 24.3. The molecular formula is C19H21N5O2. The number of aromatic nitrogens is 3. The first-order valence-electron chi connectivity index (χ1n) is 8.71. The molecule has 1 aliphatic heterocycles. The monoisotopic (exact) mass is 351 g/mol. The van der Waals surface area contributed by atoms with E-state index in [1.54, 1.807) is 6.20 Å². The molecule has 1 saturated heterocycles. The molecule has 0 aliphatic carbocycles. The molecule has 3 heterocycles. The van der Waals surface area contributed by atoms with Crippen molar-refractivity contribution in [3.63, 3.8) is 0 Å². The van der Waals surface area contributed by atoms with Crippen LogP contribution in [0.15, 0.2) is 42.7 Å². The Morgan fingerprint density at radius 1 is 1.27 bits per heavy atom. The molecule has 4 rings (SSSR count). The molecule has 0 unspecified atom stereocenters. The van der Waals surface area contributed by atoms with Gasteiger partial charge in [0.1, 0.15) is 11.6 Å². The third-order valence-corrected chi connectivity index (χ3v) is 4.60. The summed E-state index contributed by atoms with van der Waals surface area (Å²) in [6, 6.07) is 9.36. The molecule has 26 heavy (non-hydrogen) atoms. The Morgan fingerprint density at radius 2 is 2.19 bits per heavy atom. The quantitative estimate of drug-likeness (QED) is 0.671. The minimum atomic E-state index is -0.0781. The van der Waals surface area contributed by atoms with Crippen molar-refractivity contribution in [2.24, 2.45) is 0 Å². The standard InChI is InChI=1S/C19H21N5O2/c1-12-20-8-5-18(22-12)23-17-11-26-9-6-16(17)24-19(25)14-2-3-15-13(10-14)4-7-21-15/h2-5,7-8,10,16-17,21H,6,9,11H2,1H3,(H,24,25)(H,20,22,23)/t16-,17+/m0/s1. The average Bonchev–Trinajstić information content (AvgIpc) is 3.11. The van der Waals surface area contributed by atoms with Crippen molar-refractivity contribution in [2.75, 3.05) is 18.5 Å². The summed E-state index contributed by atoms with van der Waals surface area (Å²) in [6.45, 7) is 2.99. The van der Waals surface area contributed by atoms with Gasteiger partial charge >= 0.3 is 0 Å². The fourth-order valence-corrected chi connectivity index (χ4v) is 3.23. The molecule has 7 nitrogen and oxygen atoms in total. The summed E-state index contributed by atoms with van der Waals surface area (Å²) < 4.78 is 5.59. The lowest BCUT2D eigenvalue weighted by molar-refractivity contribution is 0.0620. The molecule has 134 valence electrons.